The lowest BCUT2D eigenvalue weighted by molar-refractivity contribution is 0.211. The minimum Gasteiger partial charge on any atom is -0.380 e. The normalized spacial score (nSPS) is 12.3. The second-order valence-corrected chi connectivity index (χ2v) is 4.94. The van der Waals surface area contributed by atoms with Crippen LogP contribution in [0.2, 0.25) is 5.02 Å². The van der Waals surface area contributed by atoms with Crippen LogP contribution in [0.25, 0.3) is 11.3 Å². The lowest BCUT2D eigenvalue weighted by atomic mass is 10.1. The van der Waals surface area contributed by atoms with Crippen molar-refractivity contribution >= 4 is 11.6 Å². The van der Waals surface area contributed by atoms with Gasteiger partial charge in [-0.2, -0.15) is 0 Å². The van der Waals surface area contributed by atoms with Gasteiger partial charge in [-0.1, -0.05) is 54.1 Å². The van der Waals surface area contributed by atoms with Crippen LogP contribution in [-0.4, -0.2) is 15.1 Å². The van der Waals surface area contributed by atoms with Gasteiger partial charge in [-0.25, -0.2) is 4.98 Å². The van der Waals surface area contributed by atoms with Crippen LogP contribution in [-0.2, 0) is 0 Å². The number of nitrogens with zero attached hydrogens (tertiary/aromatic N) is 1. The molecule has 2 N–H and O–H groups in total. The number of nitrogens with one attached hydrogen (secondary N) is 1. The molecular weight excluding hydrogens is 272 g/mol. The summed E-state index contributed by atoms with van der Waals surface area (Å²) in [5.41, 5.74) is 2.64. The van der Waals surface area contributed by atoms with Gasteiger partial charge in [0, 0.05) is 5.02 Å². The lowest BCUT2D eigenvalue weighted by Crippen LogP contribution is -2.01. The van der Waals surface area contributed by atoms with E-state index in [0.29, 0.717) is 10.8 Å². The van der Waals surface area contributed by atoms with Crippen molar-refractivity contribution in [1.29, 1.82) is 0 Å². The van der Waals surface area contributed by atoms with E-state index in [2.05, 4.69) is 9.97 Å². The second-order valence-electron chi connectivity index (χ2n) is 4.50. The molecule has 0 amide bonds. The van der Waals surface area contributed by atoms with E-state index in [1.165, 1.54) is 0 Å². The van der Waals surface area contributed by atoms with Gasteiger partial charge in [-0.15, -0.1) is 0 Å². The van der Waals surface area contributed by atoms with E-state index in [9.17, 15) is 5.11 Å². The molecule has 3 nitrogen and oxygen atoms in total. The Morgan fingerprint density at radius 1 is 1.00 bits per heavy atom. The van der Waals surface area contributed by atoms with Crippen LogP contribution in [0.15, 0.2) is 60.8 Å². The predicted molar refractivity (Wildman–Crippen MR) is 79.5 cm³/mol. The quantitative estimate of drug-likeness (QED) is 0.768. The van der Waals surface area contributed by atoms with Gasteiger partial charge in [-0.05, 0) is 23.3 Å². The third-order valence-corrected chi connectivity index (χ3v) is 3.38. The summed E-state index contributed by atoms with van der Waals surface area (Å²) in [5.74, 6) is 0.529. The van der Waals surface area contributed by atoms with E-state index in [0.717, 1.165) is 16.8 Å². The fraction of sp³-hybridized carbons (Fsp3) is 0.0625. The Kier molecular flexibility index (Phi) is 3.54. The summed E-state index contributed by atoms with van der Waals surface area (Å²) in [6.45, 7) is 0. The molecule has 3 aromatic rings. The molecule has 1 aromatic heterocycles. The van der Waals surface area contributed by atoms with Gasteiger partial charge in [0.15, 0.2) is 0 Å². The third kappa shape index (κ3) is 2.59. The number of H-pyrrole nitrogens is 1. The number of aromatic amines is 1. The highest BCUT2D eigenvalue weighted by molar-refractivity contribution is 6.30. The zero-order valence-electron chi connectivity index (χ0n) is 10.6. The highest BCUT2D eigenvalue weighted by Gasteiger charge is 2.14. The van der Waals surface area contributed by atoms with Crippen molar-refractivity contribution in [2.24, 2.45) is 0 Å². The van der Waals surface area contributed by atoms with Crippen molar-refractivity contribution in [2.75, 3.05) is 0 Å². The van der Waals surface area contributed by atoms with Gasteiger partial charge in [0.05, 0.1) is 11.9 Å². The van der Waals surface area contributed by atoms with Crippen molar-refractivity contribution in [2.45, 2.75) is 6.10 Å². The molecule has 0 spiro atoms. The largest absolute Gasteiger partial charge is 0.380 e. The van der Waals surface area contributed by atoms with Gasteiger partial charge in [0.2, 0.25) is 0 Å². The first-order valence-corrected chi connectivity index (χ1v) is 6.66. The monoisotopic (exact) mass is 284 g/mol. The molecule has 1 atom stereocenters. The van der Waals surface area contributed by atoms with Crippen molar-refractivity contribution in [1.82, 2.24) is 9.97 Å². The molecule has 0 fully saturated rings. The zero-order chi connectivity index (χ0) is 13.9. The molecular formula is C16H13ClN2O. The van der Waals surface area contributed by atoms with E-state index in [1.54, 1.807) is 6.20 Å². The molecule has 4 heteroatoms. The maximum absolute atomic E-state index is 10.3. The standard InChI is InChI=1S/C16H13ClN2O/c17-13-8-6-11(7-9-13)14-10-18-16(19-14)15(20)12-4-2-1-3-5-12/h1-10,15,20H,(H,18,19). The number of aliphatic hydroxyl groups excluding tert-OH is 1. The van der Waals surface area contributed by atoms with Crippen molar-refractivity contribution in [3.8, 4) is 11.3 Å². The molecule has 0 aliphatic carbocycles. The minimum atomic E-state index is -0.753. The number of halogens is 1. The second kappa shape index (κ2) is 5.49. The Balaban J connectivity index is 1.89. The lowest BCUT2D eigenvalue weighted by Gasteiger charge is -2.07. The van der Waals surface area contributed by atoms with Crippen LogP contribution in [0, 0.1) is 0 Å². The minimum absolute atomic E-state index is 0.529. The van der Waals surface area contributed by atoms with E-state index in [4.69, 9.17) is 11.6 Å². The molecule has 0 aliphatic rings. The van der Waals surface area contributed by atoms with Gasteiger partial charge in [-0.3, -0.25) is 0 Å². The Morgan fingerprint density at radius 2 is 1.70 bits per heavy atom. The molecule has 0 saturated heterocycles. The Bertz CT molecular complexity index is 692. The molecule has 3 rings (SSSR count). The number of imidazole rings is 1. The summed E-state index contributed by atoms with van der Waals surface area (Å²) in [6, 6.07) is 16.9. The van der Waals surface area contributed by atoms with Gasteiger partial charge >= 0.3 is 0 Å². The summed E-state index contributed by atoms with van der Waals surface area (Å²) in [7, 11) is 0. The Morgan fingerprint density at radius 3 is 2.40 bits per heavy atom. The molecule has 0 aliphatic heterocycles. The van der Waals surface area contributed by atoms with E-state index >= 15 is 0 Å². The molecule has 0 saturated carbocycles. The number of benzene rings is 2. The van der Waals surface area contributed by atoms with Crippen LogP contribution < -0.4 is 0 Å². The maximum atomic E-state index is 10.3. The number of aromatic nitrogens is 2. The predicted octanol–water partition coefficient (Wildman–Crippen LogP) is 3.81. The van der Waals surface area contributed by atoms with E-state index in [1.807, 2.05) is 54.6 Å². The maximum Gasteiger partial charge on any atom is 0.140 e. The van der Waals surface area contributed by atoms with Crippen LogP contribution >= 0.6 is 11.6 Å². The van der Waals surface area contributed by atoms with Gasteiger partial charge in [0.25, 0.3) is 0 Å². The average Bonchev–Trinajstić information content (AvgIpc) is 2.98. The Hall–Kier alpha value is -2.10. The van der Waals surface area contributed by atoms with Crippen molar-refractivity contribution in [3.05, 3.63) is 77.2 Å². The first kappa shape index (κ1) is 12.9. The fourth-order valence-corrected chi connectivity index (χ4v) is 2.17. The highest BCUT2D eigenvalue weighted by atomic mass is 35.5. The molecule has 1 heterocycles. The summed E-state index contributed by atoms with van der Waals surface area (Å²) in [4.78, 5) is 7.40. The first-order valence-electron chi connectivity index (χ1n) is 6.28. The first-order chi connectivity index (χ1) is 9.74. The van der Waals surface area contributed by atoms with Crippen molar-refractivity contribution in [3.63, 3.8) is 0 Å². The van der Waals surface area contributed by atoms with Crippen LogP contribution in [0.3, 0.4) is 0 Å². The highest BCUT2D eigenvalue weighted by Crippen LogP contribution is 2.24. The SMILES string of the molecule is OC(c1ccccc1)c1ncc(-c2ccc(Cl)cc2)[nH]1. The fourth-order valence-electron chi connectivity index (χ4n) is 2.04. The van der Waals surface area contributed by atoms with Gasteiger partial charge in [0.1, 0.15) is 11.9 Å². The molecule has 2 aromatic carbocycles. The number of aliphatic hydroxyl groups is 1. The van der Waals surface area contributed by atoms with E-state index in [-0.39, 0.29) is 0 Å². The van der Waals surface area contributed by atoms with Crippen LogP contribution in [0.5, 0.6) is 0 Å². The number of rotatable bonds is 3. The average molecular weight is 285 g/mol. The molecule has 100 valence electrons. The smallest absolute Gasteiger partial charge is 0.140 e. The van der Waals surface area contributed by atoms with Crippen LogP contribution in [0.4, 0.5) is 0 Å². The summed E-state index contributed by atoms with van der Waals surface area (Å²) >= 11 is 5.87. The summed E-state index contributed by atoms with van der Waals surface area (Å²) < 4.78 is 0. The molecule has 1 unspecified atom stereocenters. The topological polar surface area (TPSA) is 48.9 Å². The van der Waals surface area contributed by atoms with Crippen molar-refractivity contribution < 1.29 is 5.11 Å². The Labute approximate surface area is 121 Å². The molecule has 0 radical (unpaired) electrons. The summed E-state index contributed by atoms with van der Waals surface area (Å²) in [5, 5.41) is 11.0. The number of hydrogen-bond donors (Lipinski definition) is 2. The summed E-state index contributed by atoms with van der Waals surface area (Å²) in [6.07, 6.45) is 0.960. The molecule has 0 bridgehead atoms. The van der Waals surface area contributed by atoms with Gasteiger partial charge < -0.3 is 10.1 Å². The zero-order valence-corrected chi connectivity index (χ0v) is 11.4. The number of hydrogen-bond acceptors (Lipinski definition) is 2. The van der Waals surface area contributed by atoms with E-state index < -0.39 is 6.10 Å². The molecule has 20 heavy (non-hydrogen) atoms. The third-order valence-electron chi connectivity index (χ3n) is 3.13. The van der Waals surface area contributed by atoms with Crippen LogP contribution in [0.1, 0.15) is 17.5 Å².